The number of barbiturate groups is 1. The normalized spacial score (nSPS) is 14.9. The lowest BCUT2D eigenvalue weighted by Gasteiger charge is -2.26. The first kappa shape index (κ1) is 25.5. The Hall–Kier alpha value is -3.62. The number of anilines is 1. The first-order valence-electron chi connectivity index (χ1n) is 11.1. The van der Waals surface area contributed by atoms with E-state index >= 15 is 0 Å². The summed E-state index contributed by atoms with van der Waals surface area (Å²) >= 11 is 9.30. The number of halogens is 2. The molecule has 7 nitrogen and oxygen atoms in total. The third-order valence-corrected chi connectivity index (χ3v) is 5.89. The van der Waals surface area contributed by atoms with Gasteiger partial charge in [0.2, 0.25) is 0 Å². The summed E-state index contributed by atoms with van der Waals surface area (Å²) < 4.78 is 12.3. The van der Waals surface area contributed by atoms with Crippen molar-refractivity contribution in [1.82, 2.24) is 5.32 Å². The molecule has 0 saturated carbocycles. The van der Waals surface area contributed by atoms with Crippen LogP contribution in [0.4, 0.5) is 10.5 Å². The number of nitrogens with one attached hydrogen (secondary N) is 1. The molecule has 1 saturated heterocycles. The summed E-state index contributed by atoms with van der Waals surface area (Å²) in [6, 6.07) is 18.2. The summed E-state index contributed by atoms with van der Waals surface area (Å²) in [5.74, 6) is -0.462. The van der Waals surface area contributed by atoms with Gasteiger partial charge in [0.25, 0.3) is 11.8 Å². The van der Waals surface area contributed by atoms with E-state index in [0.29, 0.717) is 34.4 Å². The minimum atomic E-state index is -0.829. The number of carbonyl (C=O) groups is 3. The standard InChI is InChI=1S/C27H22BrClN2O5/c1-16(2)36-24-12-5-19(28)13-18(24)14-23-25(32)30-27(34)31(26(23)33)21-8-10-22(11-9-21)35-15-17-3-6-20(29)7-4-17/h3-14,16H,15H2,1-2H3,(H,30,32,34)/b23-14+. The number of urea groups is 1. The zero-order chi connectivity index (χ0) is 25.8. The maximum absolute atomic E-state index is 13.3. The van der Waals surface area contributed by atoms with E-state index in [1.54, 1.807) is 54.6 Å². The summed E-state index contributed by atoms with van der Waals surface area (Å²) in [6.07, 6.45) is 1.31. The number of benzene rings is 3. The van der Waals surface area contributed by atoms with Gasteiger partial charge in [-0.15, -0.1) is 0 Å². The number of imide groups is 2. The van der Waals surface area contributed by atoms with Crippen LogP contribution in [-0.2, 0) is 16.2 Å². The maximum atomic E-state index is 13.3. The van der Waals surface area contributed by atoms with Crippen molar-refractivity contribution >= 4 is 57.1 Å². The van der Waals surface area contributed by atoms with Crippen LogP contribution in [0, 0.1) is 0 Å². The van der Waals surface area contributed by atoms with Gasteiger partial charge in [0.05, 0.1) is 11.8 Å². The molecular weight excluding hydrogens is 548 g/mol. The zero-order valence-corrected chi connectivity index (χ0v) is 21.8. The molecule has 1 aliphatic rings. The number of amides is 4. The molecule has 0 radical (unpaired) electrons. The number of hydrogen-bond acceptors (Lipinski definition) is 5. The van der Waals surface area contributed by atoms with E-state index in [1.165, 1.54) is 6.08 Å². The molecule has 0 aliphatic carbocycles. The number of rotatable bonds is 7. The molecule has 0 atom stereocenters. The van der Waals surface area contributed by atoms with Crippen LogP contribution in [0.1, 0.15) is 25.0 Å². The first-order valence-corrected chi connectivity index (χ1v) is 12.2. The number of hydrogen-bond donors (Lipinski definition) is 1. The Morgan fingerprint density at radius 1 is 1.00 bits per heavy atom. The predicted octanol–water partition coefficient (Wildman–Crippen LogP) is 6.14. The lowest BCUT2D eigenvalue weighted by molar-refractivity contribution is -0.122. The SMILES string of the molecule is CC(C)Oc1ccc(Br)cc1/C=C1\C(=O)NC(=O)N(c2ccc(OCc3ccc(Cl)cc3)cc2)C1=O. The molecule has 0 aromatic heterocycles. The van der Waals surface area contributed by atoms with Gasteiger partial charge in [-0.25, -0.2) is 9.69 Å². The summed E-state index contributed by atoms with van der Waals surface area (Å²) in [6.45, 7) is 4.08. The molecule has 1 fully saturated rings. The minimum Gasteiger partial charge on any atom is -0.490 e. The monoisotopic (exact) mass is 568 g/mol. The van der Waals surface area contributed by atoms with E-state index in [-0.39, 0.29) is 11.7 Å². The third-order valence-electron chi connectivity index (χ3n) is 5.15. The molecule has 4 rings (SSSR count). The fourth-order valence-electron chi connectivity index (χ4n) is 3.48. The molecule has 0 bridgehead atoms. The molecule has 9 heteroatoms. The highest BCUT2D eigenvalue weighted by atomic mass is 79.9. The van der Waals surface area contributed by atoms with Crippen molar-refractivity contribution in [1.29, 1.82) is 0 Å². The van der Waals surface area contributed by atoms with Crippen molar-refractivity contribution in [3.8, 4) is 11.5 Å². The second kappa shape index (κ2) is 11.0. The van der Waals surface area contributed by atoms with Crippen molar-refractivity contribution in [2.75, 3.05) is 4.90 Å². The predicted molar refractivity (Wildman–Crippen MR) is 141 cm³/mol. The minimum absolute atomic E-state index is 0.113. The molecule has 4 amide bonds. The molecule has 1 heterocycles. The molecule has 0 spiro atoms. The lowest BCUT2D eigenvalue weighted by atomic mass is 10.1. The van der Waals surface area contributed by atoms with Gasteiger partial charge in [0.15, 0.2) is 0 Å². The second-order valence-electron chi connectivity index (χ2n) is 8.22. The smallest absolute Gasteiger partial charge is 0.335 e. The summed E-state index contributed by atoms with van der Waals surface area (Å²) in [5.41, 5.74) is 1.57. The van der Waals surface area contributed by atoms with Crippen molar-refractivity contribution in [2.45, 2.75) is 26.6 Å². The van der Waals surface area contributed by atoms with E-state index in [1.807, 2.05) is 26.0 Å². The van der Waals surface area contributed by atoms with Crippen LogP contribution in [0.3, 0.4) is 0 Å². The fraction of sp³-hybridized carbons (Fsp3) is 0.148. The van der Waals surface area contributed by atoms with E-state index in [2.05, 4.69) is 21.2 Å². The Kier molecular flexibility index (Phi) is 7.76. The van der Waals surface area contributed by atoms with Crippen LogP contribution in [0.2, 0.25) is 5.02 Å². The Morgan fingerprint density at radius 3 is 2.36 bits per heavy atom. The van der Waals surface area contributed by atoms with Gasteiger partial charge in [0.1, 0.15) is 23.7 Å². The van der Waals surface area contributed by atoms with Crippen molar-refractivity contribution in [3.05, 3.63) is 92.9 Å². The van der Waals surface area contributed by atoms with E-state index < -0.39 is 17.8 Å². The van der Waals surface area contributed by atoms with Gasteiger partial charge in [0, 0.05) is 15.1 Å². The van der Waals surface area contributed by atoms with E-state index in [0.717, 1.165) is 14.9 Å². The van der Waals surface area contributed by atoms with Gasteiger partial charge < -0.3 is 9.47 Å². The number of nitrogens with zero attached hydrogens (tertiary/aromatic N) is 1. The zero-order valence-electron chi connectivity index (χ0n) is 19.5. The number of ether oxygens (including phenoxy) is 2. The molecule has 3 aromatic rings. The Bertz CT molecular complexity index is 1340. The third kappa shape index (κ3) is 5.95. The molecule has 184 valence electrons. The molecule has 0 unspecified atom stereocenters. The quantitative estimate of drug-likeness (QED) is 0.273. The van der Waals surface area contributed by atoms with E-state index in [9.17, 15) is 14.4 Å². The molecule has 1 N–H and O–H groups in total. The largest absolute Gasteiger partial charge is 0.490 e. The average Bonchev–Trinajstić information content (AvgIpc) is 2.83. The van der Waals surface area contributed by atoms with Gasteiger partial charge >= 0.3 is 6.03 Å². The van der Waals surface area contributed by atoms with Gasteiger partial charge in [-0.3, -0.25) is 14.9 Å². The van der Waals surface area contributed by atoms with Crippen LogP contribution < -0.4 is 19.7 Å². The summed E-state index contributed by atoms with van der Waals surface area (Å²) in [4.78, 5) is 39.3. The van der Waals surface area contributed by atoms with Crippen molar-refractivity contribution in [2.24, 2.45) is 0 Å². The second-order valence-corrected chi connectivity index (χ2v) is 9.57. The van der Waals surface area contributed by atoms with Crippen LogP contribution in [0.25, 0.3) is 6.08 Å². The van der Waals surface area contributed by atoms with Gasteiger partial charge in [-0.05, 0) is 80.1 Å². The Labute approximate surface area is 221 Å². The lowest BCUT2D eigenvalue weighted by Crippen LogP contribution is -2.54. The first-order chi connectivity index (χ1) is 17.2. The molecular formula is C27H22BrClN2O5. The van der Waals surface area contributed by atoms with E-state index in [4.69, 9.17) is 21.1 Å². The van der Waals surface area contributed by atoms with Gasteiger partial charge in [-0.2, -0.15) is 0 Å². The van der Waals surface area contributed by atoms with Crippen LogP contribution in [0.15, 0.2) is 76.8 Å². The van der Waals surface area contributed by atoms with Crippen LogP contribution >= 0.6 is 27.5 Å². The molecule has 3 aromatic carbocycles. The maximum Gasteiger partial charge on any atom is 0.335 e. The highest BCUT2D eigenvalue weighted by Gasteiger charge is 2.37. The molecule has 1 aliphatic heterocycles. The van der Waals surface area contributed by atoms with Gasteiger partial charge in [-0.1, -0.05) is 39.7 Å². The highest BCUT2D eigenvalue weighted by Crippen LogP contribution is 2.29. The highest BCUT2D eigenvalue weighted by molar-refractivity contribution is 9.10. The van der Waals surface area contributed by atoms with Crippen molar-refractivity contribution in [3.63, 3.8) is 0 Å². The topological polar surface area (TPSA) is 84.9 Å². The number of carbonyl (C=O) groups excluding carboxylic acids is 3. The summed E-state index contributed by atoms with van der Waals surface area (Å²) in [5, 5.41) is 2.88. The summed E-state index contributed by atoms with van der Waals surface area (Å²) in [7, 11) is 0. The average molecular weight is 570 g/mol. The van der Waals surface area contributed by atoms with Crippen molar-refractivity contribution < 1.29 is 23.9 Å². The fourth-order valence-corrected chi connectivity index (χ4v) is 3.98. The Balaban J connectivity index is 1.56. The molecule has 36 heavy (non-hydrogen) atoms. The Morgan fingerprint density at radius 2 is 1.69 bits per heavy atom. The van der Waals surface area contributed by atoms with Crippen LogP contribution in [0.5, 0.6) is 11.5 Å². The van der Waals surface area contributed by atoms with Crippen LogP contribution in [-0.4, -0.2) is 23.9 Å².